The molecule has 1 atom stereocenters. The number of aryl methyl sites for hydroxylation is 1. The average molecular weight is 311 g/mol. The van der Waals surface area contributed by atoms with Gasteiger partial charge in [0.15, 0.2) is 0 Å². The van der Waals surface area contributed by atoms with Crippen molar-refractivity contribution in [1.29, 1.82) is 0 Å². The number of aliphatic hydroxyl groups is 1. The summed E-state index contributed by atoms with van der Waals surface area (Å²) in [6.45, 7) is 5.84. The maximum absolute atomic E-state index is 10.4. The average Bonchev–Trinajstić information content (AvgIpc) is 2.53. The number of aliphatic hydroxyl groups excluding tert-OH is 1. The number of nitrogens with zero attached hydrogens (tertiary/aromatic N) is 1. The normalized spacial score (nSPS) is 12.6. The first kappa shape index (κ1) is 18.9. The van der Waals surface area contributed by atoms with Crippen LogP contribution in [0.1, 0.15) is 23.7 Å². The second-order valence-corrected chi connectivity index (χ2v) is 5.36. The van der Waals surface area contributed by atoms with E-state index in [0.29, 0.717) is 19.6 Å². The van der Waals surface area contributed by atoms with Crippen LogP contribution in [0.5, 0.6) is 5.75 Å². The molecule has 0 saturated carbocycles. The van der Waals surface area contributed by atoms with Gasteiger partial charge in [-0.05, 0) is 36.6 Å². The largest absolute Gasteiger partial charge is 0.496 e. The van der Waals surface area contributed by atoms with Crippen molar-refractivity contribution in [1.82, 2.24) is 4.90 Å². The van der Waals surface area contributed by atoms with Crippen molar-refractivity contribution < 1.29 is 19.3 Å². The van der Waals surface area contributed by atoms with Crippen molar-refractivity contribution in [2.75, 3.05) is 54.2 Å². The first-order chi connectivity index (χ1) is 10.6. The van der Waals surface area contributed by atoms with Gasteiger partial charge in [-0.1, -0.05) is 6.07 Å². The fraction of sp³-hybridized carbons (Fsp3) is 0.647. The molecule has 0 fully saturated rings. The van der Waals surface area contributed by atoms with Gasteiger partial charge in [-0.25, -0.2) is 0 Å². The molecule has 0 bridgehead atoms. The van der Waals surface area contributed by atoms with Crippen molar-refractivity contribution in [3.8, 4) is 5.75 Å². The number of hydrogen-bond donors (Lipinski definition) is 1. The smallest absolute Gasteiger partial charge is 0.121 e. The molecule has 1 aromatic rings. The molecule has 1 rings (SSSR count). The zero-order chi connectivity index (χ0) is 16.4. The molecule has 5 heteroatoms. The van der Waals surface area contributed by atoms with Gasteiger partial charge in [0.05, 0.1) is 26.4 Å². The van der Waals surface area contributed by atoms with Gasteiger partial charge in [0.2, 0.25) is 0 Å². The van der Waals surface area contributed by atoms with Crippen LogP contribution in [0.25, 0.3) is 0 Å². The Balaban J connectivity index is 2.54. The molecule has 1 N–H and O–H groups in total. The molecule has 126 valence electrons. The van der Waals surface area contributed by atoms with Gasteiger partial charge in [0.1, 0.15) is 5.75 Å². The van der Waals surface area contributed by atoms with Crippen molar-refractivity contribution in [3.63, 3.8) is 0 Å². The van der Waals surface area contributed by atoms with Crippen molar-refractivity contribution in [3.05, 3.63) is 29.3 Å². The first-order valence-corrected chi connectivity index (χ1v) is 7.65. The molecule has 5 nitrogen and oxygen atoms in total. The van der Waals surface area contributed by atoms with E-state index in [-0.39, 0.29) is 0 Å². The maximum Gasteiger partial charge on any atom is 0.121 e. The van der Waals surface area contributed by atoms with Crippen LogP contribution in [0, 0.1) is 6.92 Å². The second kappa shape index (κ2) is 10.6. The summed E-state index contributed by atoms with van der Waals surface area (Å²) in [4.78, 5) is 2.24. The van der Waals surface area contributed by atoms with E-state index in [2.05, 4.69) is 4.90 Å². The number of methoxy groups -OCH3 is 3. The highest BCUT2D eigenvalue weighted by Crippen LogP contribution is 2.24. The van der Waals surface area contributed by atoms with E-state index in [1.165, 1.54) is 0 Å². The van der Waals surface area contributed by atoms with Crippen LogP contribution in [0.15, 0.2) is 18.2 Å². The third kappa shape index (κ3) is 6.32. The predicted octanol–water partition coefficient (Wildman–Crippen LogP) is 2.02. The number of ether oxygens (including phenoxy) is 3. The minimum atomic E-state index is -0.475. The van der Waals surface area contributed by atoms with Crippen LogP contribution in [-0.2, 0) is 9.47 Å². The lowest BCUT2D eigenvalue weighted by Gasteiger charge is -2.23. The Morgan fingerprint density at radius 1 is 1.05 bits per heavy atom. The molecule has 0 aromatic heterocycles. The zero-order valence-electron chi connectivity index (χ0n) is 14.2. The van der Waals surface area contributed by atoms with Gasteiger partial charge >= 0.3 is 0 Å². The highest BCUT2D eigenvalue weighted by Gasteiger charge is 2.12. The predicted molar refractivity (Wildman–Crippen MR) is 87.5 cm³/mol. The number of hydrogen-bond acceptors (Lipinski definition) is 5. The van der Waals surface area contributed by atoms with Crippen molar-refractivity contribution in [2.45, 2.75) is 19.4 Å². The molecule has 22 heavy (non-hydrogen) atoms. The third-order valence-electron chi connectivity index (χ3n) is 3.75. The lowest BCUT2D eigenvalue weighted by atomic mass is 10.0. The number of rotatable bonds is 11. The van der Waals surface area contributed by atoms with E-state index in [9.17, 15) is 5.11 Å². The summed E-state index contributed by atoms with van der Waals surface area (Å²) in [5, 5.41) is 10.4. The van der Waals surface area contributed by atoms with Crippen molar-refractivity contribution in [2.24, 2.45) is 0 Å². The fourth-order valence-electron chi connectivity index (χ4n) is 2.36. The molecular weight excluding hydrogens is 282 g/mol. The van der Waals surface area contributed by atoms with Gasteiger partial charge in [0.25, 0.3) is 0 Å². The second-order valence-electron chi connectivity index (χ2n) is 5.36. The molecule has 0 radical (unpaired) electrons. The van der Waals surface area contributed by atoms with Gasteiger partial charge in [-0.3, -0.25) is 4.90 Å². The van der Waals surface area contributed by atoms with Crippen LogP contribution in [0.2, 0.25) is 0 Å². The Labute approximate surface area is 133 Å². The lowest BCUT2D eigenvalue weighted by Crippen LogP contribution is -2.32. The monoisotopic (exact) mass is 311 g/mol. The minimum absolute atomic E-state index is 0.475. The molecule has 1 unspecified atom stereocenters. The molecule has 0 saturated heterocycles. The van der Waals surface area contributed by atoms with Crippen LogP contribution >= 0.6 is 0 Å². The molecule has 0 amide bonds. The standard InChI is InChI=1S/C17H29NO4/c1-14-13-15(5-6-17(14)22-4)16(19)7-8-18(9-11-20-2)10-12-21-3/h5-6,13,16,19H,7-12H2,1-4H3. The molecule has 0 aliphatic carbocycles. The third-order valence-corrected chi connectivity index (χ3v) is 3.75. The van der Waals surface area contributed by atoms with Crippen LogP contribution in [0.4, 0.5) is 0 Å². The molecular formula is C17H29NO4. The first-order valence-electron chi connectivity index (χ1n) is 7.65. The summed E-state index contributed by atoms with van der Waals surface area (Å²) in [5.41, 5.74) is 1.96. The summed E-state index contributed by atoms with van der Waals surface area (Å²) in [7, 11) is 5.05. The van der Waals surface area contributed by atoms with Crippen LogP contribution < -0.4 is 4.74 Å². The van der Waals surface area contributed by atoms with Crippen LogP contribution in [-0.4, -0.2) is 64.2 Å². The highest BCUT2D eigenvalue weighted by molar-refractivity contribution is 5.36. The van der Waals surface area contributed by atoms with Gasteiger partial charge in [-0.2, -0.15) is 0 Å². The van der Waals surface area contributed by atoms with E-state index in [4.69, 9.17) is 14.2 Å². The summed E-state index contributed by atoms with van der Waals surface area (Å²) in [5.74, 6) is 0.845. The summed E-state index contributed by atoms with van der Waals surface area (Å²) in [6.07, 6.45) is 0.205. The summed E-state index contributed by atoms with van der Waals surface area (Å²) in [6, 6.07) is 5.81. The lowest BCUT2D eigenvalue weighted by molar-refractivity contribution is 0.0945. The molecule has 0 heterocycles. The van der Waals surface area contributed by atoms with E-state index in [0.717, 1.165) is 36.5 Å². The van der Waals surface area contributed by atoms with Crippen LogP contribution in [0.3, 0.4) is 0 Å². The molecule has 0 spiro atoms. The van der Waals surface area contributed by atoms with E-state index < -0.39 is 6.10 Å². The fourth-order valence-corrected chi connectivity index (χ4v) is 2.36. The molecule has 1 aromatic carbocycles. The Morgan fingerprint density at radius 2 is 1.68 bits per heavy atom. The maximum atomic E-state index is 10.4. The van der Waals surface area contributed by atoms with Gasteiger partial charge < -0.3 is 19.3 Å². The van der Waals surface area contributed by atoms with E-state index >= 15 is 0 Å². The van der Waals surface area contributed by atoms with Gasteiger partial charge in [-0.15, -0.1) is 0 Å². The summed E-state index contributed by atoms with van der Waals surface area (Å²) < 4.78 is 15.5. The van der Waals surface area contributed by atoms with Gasteiger partial charge in [0, 0.05) is 33.9 Å². The Hall–Kier alpha value is -1.14. The Kier molecular flexibility index (Phi) is 9.08. The topological polar surface area (TPSA) is 51.2 Å². The molecule has 0 aliphatic rings. The Morgan fingerprint density at radius 3 is 2.18 bits per heavy atom. The minimum Gasteiger partial charge on any atom is -0.496 e. The van der Waals surface area contributed by atoms with E-state index in [1.807, 2.05) is 25.1 Å². The molecule has 0 aliphatic heterocycles. The van der Waals surface area contributed by atoms with Crippen molar-refractivity contribution >= 4 is 0 Å². The highest BCUT2D eigenvalue weighted by atomic mass is 16.5. The summed E-state index contributed by atoms with van der Waals surface area (Å²) >= 11 is 0. The quantitative estimate of drug-likeness (QED) is 0.677. The zero-order valence-corrected chi connectivity index (χ0v) is 14.2. The number of benzene rings is 1. The SMILES string of the molecule is COCCN(CCOC)CCC(O)c1ccc(OC)c(C)c1. The van der Waals surface area contributed by atoms with E-state index in [1.54, 1.807) is 21.3 Å². The Bertz CT molecular complexity index is 417.